The highest BCUT2D eigenvalue weighted by molar-refractivity contribution is 6.33. The average molecular weight is 328 g/mol. The molecule has 2 rings (SSSR count). The second-order valence-corrected chi connectivity index (χ2v) is 5.17. The number of H-pyrrole nitrogens is 1. The molecule has 2 N–H and O–H groups in total. The van der Waals surface area contributed by atoms with Gasteiger partial charge in [-0.1, -0.05) is 42.3 Å². The zero-order valence-corrected chi connectivity index (χ0v) is 12.9. The highest BCUT2D eigenvalue weighted by Gasteiger charge is 2.12. The number of ether oxygens (including phenoxy) is 1. The van der Waals surface area contributed by atoms with Gasteiger partial charge in [-0.15, -0.1) is 0 Å². The molecule has 21 heavy (non-hydrogen) atoms. The molecular formula is C14H15Cl2N3O2. The molecule has 1 atom stereocenters. The Hall–Kier alpha value is -1.72. The van der Waals surface area contributed by atoms with Crippen LogP contribution in [-0.2, 0) is 0 Å². The predicted octanol–water partition coefficient (Wildman–Crippen LogP) is 3.35. The Balaban J connectivity index is 2.02. The first kappa shape index (κ1) is 15.7. The third-order valence-corrected chi connectivity index (χ3v) is 3.59. The highest BCUT2D eigenvalue weighted by Crippen LogP contribution is 2.25. The summed E-state index contributed by atoms with van der Waals surface area (Å²) in [4.78, 5) is 11.4. The van der Waals surface area contributed by atoms with Crippen LogP contribution in [0.4, 0.5) is 5.69 Å². The fourth-order valence-electron chi connectivity index (χ4n) is 1.72. The Kier molecular flexibility index (Phi) is 5.47. The lowest BCUT2D eigenvalue weighted by molar-refractivity contribution is 0.210. The van der Waals surface area contributed by atoms with Crippen molar-refractivity contribution in [2.45, 2.75) is 19.4 Å². The molecule has 112 valence electrons. The van der Waals surface area contributed by atoms with Crippen molar-refractivity contribution in [2.24, 2.45) is 0 Å². The monoisotopic (exact) mass is 327 g/mol. The molecule has 1 heterocycles. The van der Waals surface area contributed by atoms with Crippen molar-refractivity contribution < 1.29 is 4.74 Å². The van der Waals surface area contributed by atoms with Crippen LogP contribution in [0.1, 0.15) is 13.3 Å². The van der Waals surface area contributed by atoms with Crippen molar-refractivity contribution in [3.05, 3.63) is 50.9 Å². The first-order valence-electron chi connectivity index (χ1n) is 6.50. The maximum atomic E-state index is 11.4. The van der Waals surface area contributed by atoms with E-state index in [0.717, 1.165) is 6.42 Å². The van der Waals surface area contributed by atoms with Gasteiger partial charge in [0.2, 0.25) is 0 Å². The number of nitrogens with one attached hydrogen (secondary N) is 2. The SMILES string of the molecule is CC[C@H](CNc1cn[nH]c(=O)c1Cl)Oc1ccccc1Cl. The van der Waals surface area contributed by atoms with E-state index in [4.69, 9.17) is 27.9 Å². The Labute approximate surface area is 132 Å². The molecular weight excluding hydrogens is 313 g/mol. The van der Waals surface area contributed by atoms with Gasteiger partial charge in [-0.2, -0.15) is 5.10 Å². The predicted molar refractivity (Wildman–Crippen MR) is 84.5 cm³/mol. The van der Waals surface area contributed by atoms with Crippen LogP contribution in [0.15, 0.2) is 35.3 Å². The fourth-order valence-corrected chi connectivity index (χ4v) is 2.06. The molecule has 0 unspecified atom stereocenters. The van der Waals surface area contributed by atoms with Gasteiger partial charge in [-0.3, -0.25) is 4.79 Å². The van der Waals surface area contributed by atoms with Crippen molar-refractivity contribution in [1.29, 1.82) is 0 Å². The summed E-state index contributed by atoms with van der Waals surface area (Å²) in [6, 6.07) is 7.29. The molecule has 5 nitrogen and oxygen atoms in total. The maximum Gasteiger partial charge on any atom is 0.285 e. The van der Waals surface area contributed by atoms with E-state index in [1.165, 1.54) is 6.20 Å². The summed E-state index contributed by atoms with van der Waals surface area (Å²) in [5, 5.41) is 9.67. The van der Waals surface area contributed by atoms with E-state index in [1.807, 2.05) is 25.1 Å². The zero-order valence-electron chi connectivity index (χ0n) is 11.4. The van der Waals surface area contributed by atoms with Gasteiger partial charge < -0.3 is 10.1 Å². The Morgan fingerprint density at radius 2 is 2.14 bits per heavy atom. The number of anilines is 1. The minimum atomic E-state index is -0.429. The molecule has 0 radical (unpaired) electrons. The van der Waals surface area contributed by atoms with Crippen molar-refractivity contribution in [3.63, 3.8) is 0 Å². The van der Waals surface area contributed by atoms with Crippen LogP contribution in [0.5, 0.6) is 5.75 Å². The van der Waals surface area contributed by atoms with Crippen LogP contribution >= 0.6 is 23.2 Å². The van der Waals surface area contributed by atoms with Crippen molar-refractivity contribution in [3.8, 4) is 5.75 Å². The number of halogens is 2. The largest absolute Gasteiger partial charge is 0.487 e. The van der Waals surface area contributed by atoms with Gasteiger partial charge >= 0.3 is 0 Å². The average Bonchev–Trinajstić information content (AvgIpc) is 2.49. The Morgan fingerprint density at radius 1 is 1.38 bits per heavy atom. The summed E-state index contributed by atoms with van der Waals surface area (Å²) in [7, 11) is 0. The van der Waals surface area contributed by atoms with E-state index in [-0.39, 0.29) is 11.1 Å². The number of hydrogen-bond donors (Lipinski definition) is 2. The number of nitrogens with zero attached hydrogens (tertiary/aromatic N) is 1. The fraction of sp³-hybridized carbons (Fsp3) is 0.286. The summed E-state index contributed by atoms with van der Waals surface area (Å²) >= 11 is 12.0. The van der Waals surface area contributed by atoms with Crippen LogP contribution in [-0.4, -0.2) is 22.8 Å². The number of aromatic nitrogens is 2. The molecule has 0 aliphatic carbocycles. The lowest BCUT2D eigenvalue weighted by atomic mass is 10.2. The summed E-state index contributed by atoms with van der Waals surface area (Å²) in [6.45, 7) is 2.48. The topological polar surface area (TPSA) is 67.0 Å². The van der Waals surface area contributed by atoms with Crippen molar-refractivity contribution >= 4 is 28.9 Å². The molecule has 0 aliphatic heterocycles. The highest BCUT2D eigenvalue weighted by atomic mass is 35.5. The number of aromatic amines is 1. The zero-order chi connectivity index (χ0) is 15.2. The minimum absolute atomic E-state index is 0.0811. The molecule has 1 aromatic carbocycles. The molecule has 0 bridgehead atoms. The van der Waals surface area contributed by atoms with Gasteiger partial charge in [-0.25, -0.2) is 5.10 Å². The molecule has 2 aromatic rings. The summed E-state index contributed by atoms with van der Waals surface area (Å²) in [6.07, 6.45) is 2.12. The van der Waals surface area contributed by atoms with Crippen molar-refractivity contribution in [1.82, 2.24) is 10.2 Å². The molecule has 0 saturated heterocycles. The Morgan fingerprint density at radius 3 is 2.86 bits per heavy atom. The molecule has 0 spiro atoms. The third kappa shape index (κ3) is 4.12. The lowest BCUT2D eigenvalue weighted by Crippen LogP contribution is -2.26. The third-order valence-electron chi connectivity index (χ3n) is 2.90. The number of benzene rings is 1. The molecule has 0 saturated carbocycles. The molecule has 7 heteroatoms. The van der Waals surface area contributed by atoms with E-state index >= 15 is 0 Å². The molecule has 0 fully saturated rings. The van der Waals surface area contributed by atoms with Crippen LogP contribution in [0, 0.1) is 0 Å². The smallest absolute Gasteiger partial charge is 0.285 e. The van der Waals surface area contributed by atoms with Gasteiger partial charge in [0.15, 0.2) is 0 Å². The molecule has 0 aliphatic rings. The van der Waals surface area contributed by atoms with E-state index < -0.39 is 5.56 Å². The standard InChI is InChI=1S/C14H15Cl2N3O2/c1-2-9(21-12-6-4-3-5-10(12)15)7-17-11-8-18-19-14(20)13(11)16/h3-6,8-9H,2,7H2,1H3,(H2,17,19,20)/t9-/m1/s1. The first-order chi connectivity index (χ1) is 10.1. The lowest BCUT2D eigenvalue weighted by Gasteiger charge is -2.19. The minimum Gasteiger partial charge on any atom is -0.487 e. The van der Waals surface area contributed by atoms with Crippen LogP contribution in [0.25, 0.3) is 0 Å². The molecule has 0 amide bonds. The summed E-state index contributed by atoms with van der Waals surface area (Å²) < 4.78 is 5.84. The van der Waals surface area contributed by atoms with Gasteiger partial charge in [0.05, 0.1) is 23.5 Å². The first-order valence-corrected chi connectivity index (χ1v) is 7.25. The van der Waals surface area contributed by atoms with Crippen molar-refractivity contribution in [2.75, 3.05) is 11.9 Å². The quantitative estimate of drug-likeness (QED) is 0.853. The van der Waals surface area contributed by atoms with Gasteiger partial charge in [-0.05, 0) is 18.6 Å². The normalized spacial score (nSPS) is 12.0. The van der Waals surface area contributed by atoms with Gasteiger partial charge in [0.25, 0.3) is 5.56 Å². The van der Waals surface area contributed by atoms with Gasteiger partial charge in [0, 0.05) is 0 Å². The van der Waals surface area contributed by atoms with Crippen LogP contribution in [0.3, 0.4) is 0 Å². The van der Waals surface area contributed by atoms with Crippen LogP contribution in [0.2, 0.25) is 10.0 Å². The van der Waals surface area contributed by atoms with E-state index in [0.29, 0.717) is 23.0 Å². The number of para-hydroxylation sites is 1. The van der Waals surface area contributed by atoms with E-state index in [9.17, 15) is 4.79 Å². The second-order valence-electron chi connectivity index (χ2n) is 4.39. The van der Waals surface area contributed by atoms with E-state index in [2.05, 4.69) is 15.5 Å². The Bertz CT molecular complexity index is 661. The van der Waals surface area contributed by atoms with E-state index in [1.54, 1.807) is 6.07 Å². The maximum absolute atomic E-state index is 11.4. The number of hydrogen-bond acceptors (Lipinski definition) is 4. The van der Waals surface area contributed by atoms with Gasteiger partial charge in [0.1, 0.15) is 16.9 Å². The number of rotatable bonds is 6. The molecule has 1 aromatic heterocycles. The summed E-state index contributed by atoms with van der Waals surface area (Å²) in [5.74, 6) is 0.628. The second kappa shape index (κ2) is 7.33. The summed E-state index contributed by atoms with van der Waals surface area (Å²) in [5.41, 5.74) is 0.0448. The van der Waals surface area contributed by atoms with Crippen LogP contribution < -0.4 is 15.6 Å².